The number of rotatable bonds is 5. The van der Waals surface area contributed by atoms with Crippen LogP contribution in [0, 0.1) is 11.6 Å². The van der Waals surface area contributed by atoms with Crippen molar-refractivity contribution < 1.29 is 18.3 Å². The van der Waals surface area contributed by atoms with Gasteiger partial charge in [-0.05, 0) is 61.6 Å². The van der Waals surface area contributed by atoms with Crippen LogP contribution in [0.1, 0.15) is 36.9 Å². The first kappa shape index (κ1) is 19.9. The molecule has 1 aromatic carbocycles. The van der Waals surface area contributed by atoms with Gasteiger partial charge in [-0.25, -0.2) is 18.7 Å². The summed E-state index contributed by atoms with van der Waals surface area (Å²) in [5.41, 5.74) is 5.08. The van der Waals surface area contributed by atoms with Gasteiger partial charge in [0.15, 0.2) is 5.60 Å². The van der Waals surface area contributed by atoms with E-state index in [1.54, 1.807) is 36.7 Å². The molecular formula is C22H20F2N4O2. The van der Waals surface area contributed by atoms with Gasteiger partial charge >= 0.3 is 6.01 Å². The summed E-state index contributed by atoms with van der Waals surface area (Å²) in [4.78, 5) is 25.0. The standard InChI is InChI=1S/C22H20F2N4O2/c23-16-4-2-15(3-5-16)21(19(25)29)8-10-22(11-9-21,18-7-6-17(24)14-28-18)30-20-26-12-1-13-27-20/h1-7,12-14H,8-11H2,(H2,25,29). The largest absolute Gasteiger partial charge is 0.450 e. The highest BCUT2D eigenvalue weighted by Gasteiger charge is 2.50. The third-order valence-electron chi connectivity index (χ3n) is 5.80. The Morgan fingerprint density at radius 2 is 1.53 bits per heavy atom. The Morgan fingerprint density at radius 3 is 2.10 bits per heavy atom. The molecule has 1 amide bonds. The molecule has 2 heterocycles. The molecule has 1 aliphatic carbocycles. The van der Waals surface area contributed by atoms with E-state index in [4.69, 9.17) is 10.5 Å². The molecule has 6 nitrogen and oxygen atoms in total. The number of halogens is 2. The highest BCUT2D eigenvalue weighted by molar-refractivity contribution is 5.87. The van der Waals surface area contributed by atoms with Gasteiger partial charge in [0.25, 0.3) is 0 Å². The van der Waals surface area contributed by atoms with Gasteiger partial charge in [-0.1, -0.05) is 12.1 Å². The molecule has 154 valence electrons. The molecule has 4 rings (SSSR count). The van der Waals surface area contributed by atoms with Crippen LogP contribution in [0.25, 0.3) is 0 Å². The summed E-state index contributed by atoms with van der Waals surface area (Å²) in [5.74, 6) is -1.33. The maximum absolute atomic E-state index is 13.5. The van der Waals surface area contributed by atoms with E-state index in [0.717, 1.165) is 6.20 Å². The SMILES string of the molecule is NC(=O)C1(c2ccc(F)cc2)CCC(Oc2ncccn2)(c2ccc(F)cn2)CC1. The fourth-order valence-corrected chi connectivity index (χ4v) is 4.10. The van der Waals surface area contributed by atoms with Crippen molar-refractivity contribution in [3.8, 4) is 6.01 Å². The van der Waals surface area contributed by atoms with E-state index in [1.165, 1.54) is 18.2 Å². The van der Waals surface area contributed by atoms with E-state index in [-0.39, 0.29) is 11.8 Å². The number of nitrogens with two attached hydrogens (primary N) is 1. The second-order valence-corrected chi connectivity index (χ2v) is 7.44. The van der Waals surface area contributed by atoms with Gasteiger partial charge in [0.05, 0.1) is 17.3 Å². The minimum Gasteiger partial charge on any atom is -0.450 e. The van der Waals surface area contributed by atoms with Gasteiger partial charge in [0.2, 0.25) is 5.91 Å². The summed E-state index contributed by atoms with van der Waals surface area (Å²) in [5, 5.41) is 0. The van der Waals surface area contributed by atoms with Gasteiger partial charge in [0, 0.05) is 12.4 Å². The average Bonchev–Trinajstić information content (AvgIpc) is 2.76. The normalized spacial score (nSPS) is 23.7. The molecular weight excluding hydrogens is 390 g/mol. The molecule has 1 aliphatic rings. The summed E-state index contributed by atoms with van der Waals surface area (Å²) < 4.78 is 33.1. The Hall–Kier alpha value is -3.42. The second-order valence-electron chi connectivity index (χ2n) is 7.44. The predicted octanol–water partition coefficient (Wildman–Crippen LogP) is 3.42. The van der Waals surface area contributed by atoms with Gasteiger partial charge in [-0.15, -0.1) is 0 Å². The van der Waals surface area contributed by atoms with Crippen LogP contribution < -0.4 is 10.5 Å². The number of aromatic nitrogens is 3. The molecule has 0 atom stereocenters. The molecule has 2 N–H and O–H groups in total. The molecule has 3 aromatic rings. The summed E-state index contributed by atoms with van der Waals surface area (Å²) in [6.07, 6.45) is 5.67. The monoisotopic (exact) mass is 410 g/mol. The number of primary amides is 1. The molecule has 0 spiro atoms. The number of ether oxygens (including phenoxy) is 1. The van der Waals surface area contributed by atoms with E-state index in [1.807, 2.05) is 0 Å². The number of hydrogen-bond donors (Lipinski definition) is 1. The van der Waals surface area contributed by atoms with Crippen LogP contribution in [-0.2, 0) is 15.8 Å². The van der Waals surface area contributed by atoms with Gasteiger partial charge in [-0.2, -0.15) is 0 Å². The van der Waals surface area contributed by atoms with Crippen LogP contribution in [0.3, 0.4) is 0 Å². The Bertz CT molecular complexity index is 1020. The molecule has 0 aliphatic heterocycles. The van der Waals surface area contributed by atoms with Crippen LogP contribution in [0.5, 0.6) is 6.01 Å². The van der Waals surface area contributed by atoms with Crippen molar-refractivity contribution in [2.75, 3.05) is 0 Å². The Kier molecular flexibility index (Phi) is 5.15. The Balaban J connectivity index is 1.70. The van der Waals surface area contributed by atoms with Crippen molar-refractivity contribution >= 4 is 5.91 Å². The van der Waals surface area contributed by atoms with Crippen LogP contribution in [0.15, 0.2) is 61.1 Å². The minimum atomic E-state index is -0.960. The first-order valence-corrected chi connectivity index (χ1v) is 9.58. The first-order chi connectivity index (χ1) is 14.4. The van der Waals surface area contributed by atoms with Crippen LogP contribution in [0.2, 0.25) is 0 Å². The lowest BCUT2D eigenvalue weighted by atomic mass is 9.64. The van der Waals surface area contributed by atoms with Gasteiger partial charge in [0.1, 0.15) is 11.6 Å². The topological polar surface area (TPSA) is 91.0 Å². The quantitative estimate of drug-likeness (QED) is 0.696. The number of pyridine rings is 1. The van der Waals surface area contributed by atoms with Crippen LogP contribution in [-0.4, -0.2) is 20.9 Å². The number of benzene rings is 1. The molecule has 30 heavy (non-hydrogen) atoms. The smallest absolute Gasteiger partial charge is 0.317 e. The zero-order valence-electron chi connectivity index (χ0n) is 16.1. The molecule has 0 bridgehead atoms. The first-order valence-electron chi connectivity index (χ1n) is 9.58. The fraction of sp³-hybridized carbons (Fsp3) is 0.273. The van der Waals surface area contributed by atoms with Crippen molar-refractivity contribution in [1.82, 2.24) is 15.0 Å². The minimum absolute atomic E-state index is 0.164. The summed E-state index contributed by atoms with van der Waals surface area (Å²) in [7, 11) is 0. The molecule has 0 unspecified atom stereocenters. The van der Waals surface area contributed by atoms with E-state index in [0.29, 0.717) is 36.9 Å². The summed E-state index contributed by atoms with van der Waals surface area (Å²) >= 11 is 0. The summed E-state index contributed by atoms with van der Waals surface area (Å²) in [6, 6.07) is 10.5. The Morgan fingerprint density at radius 1 is 0.900 bits per heavy atom. The lowest BCUT2D eigenvalue weighted by Gasteiger charge is -2.44. The zero-order chi connectivity index (χ0) is 21.2. The average molecular weight is 410 g/mol. The van der Waals surface area contributed by atoms with E-state index in [9.17, 15) is 13.6 Å². The molecule has 0 saturated heterocycles. The van der Waals surface area contributed by atoms with E-state index < -0.39 is 22.7 Å². The lowest BCUT2D eigenvalue weighted by Crippen LogP contribution is -2.50. The van der Waals surface area contributed by atoms with Crippen LogP contribution in [0.4, 0.5) is 8.78 Å². The number of hydrogen-bond acceptors (Lipinski definition) is 5. The number of carbonyl (C=O) groups excluding carboxylic acids is 1. The van der Waals surface area contributed by atoms with Crippen LogP contribution >= 0.6 is 0 Å². The highest BCUT2D eigenvalue weighted by Crippen LogP contribution is 2.48. The maximum atomic E-state index is 13.5. The second kappa shape index (κ2) is 7.78. The third-order valence-corrected chi connectivity index (χ3v) is 5.80. The van der Waals surface area contributed by atoms with E-state index in [2.05, 4.69) is 15.0 Å². The lowest BCUT2D eigenvalue weighted by molar-refractivity contribution is -0.127. The number of amides is 1. The Labute approximate surface area is 172 Å². The maximum Gasteiger partial charge on any atom is 0.317 e. The van der Waals surface area contributed by atoms with E-state index >= 15 is 0 Å². The highest BCUT2D eigenvalue weighted by atomic mass is 19.1. The van der Waals surface area contributed by atoms with Gasteiger partial charge in [-0.3, -0.25) is 9.78 Å². The molecule has 2 aromatic heterocycles. The van der Waals surface area contributed by atoms with Crippen molar-refractivity contribution in [1.29, 1.82) is 0 Å². The van der Waals surface area contributed by atoms with Crippen molar-refractivity contribution in [2.45, 2.75) is 36.7 Å². The fourth-order valence-electron chi connectivity index (χ4n) is 4.10. The molecule has 8 heteroatoms. The number of nitrogens with zero attached hydrogens (tertiary/aromatic N) is 3. The summed E-state index contributed by atoms with van der Waals surface area (Å²) in [6.45, 7) is 0. The van der Waals surface area contributed by atoms with Crippen molar-refractivity contribution in [3.63, 3.8) is 0 Å². The molecule has 1 fully saturated rings. The molecule has 0 radical (unpaired) electrons. The number of carbonyl (C=O) groups is 1. The van der Waals surface area contributed by atoms with Crippen molar-refractivity contribution in [2.24, 2.45) is 5.73 Å². The van der Waals surface area contributed by atoms with Gasteiger partial charge < -0.3 is 10.5 Å². The third kappa shape index (κ3) is 3.60. The predicted molar refractivity (Wildman–Crippen MR) is 104 cm³/mol. The van der Waals surface area contributed by atoms with Crippen molar-refractivity contribution in [3.05, 3.63) is 83.9 Å². The molecule has 1 saturated carbocycles. The zero-order valence-corrected chi connectivity index (χ0v) is 16.1.